The second-order valence-corrected chi connectivity index (χ2v) is 8.03. The van der Waals surface area contributed by atoms with Gasteiger partial charge in [-0.1, -0.05) is 11.6 Å². The first kappa shape index (κ1) is 19.7. The van der Waals surface area contributed by atoms with Crippen LogP contribution in [0, 0.1) is 5.92 Å². The van der Waals surface area contributed by atoms with E-state index in [1.807, 2.05) is 0 Å². The molecule has 1 aromatic carbocycles. The number of piperidine rings is 1. The van der Waals surface area contributed by atoms with Crippen LogP contribution in [0.25, 0.3) is 0 Å². The van der Waals surface area contributed by atoms with Gasteiger partial charge in [0.25, 0.3) is 0 Å². The first-order valence-electron chi connectivity index (χ1n) is 8.03. The second kappa shape index (κ2) is 8.64. The van der Waals surface area contributed by atoms with Gasteiger partial charge in [-0.3, -0.25) is 9.59 Å². The highest BCUT2D eigenvalue weighted by molar-refractivity contribution is 7.89. The largest absolute Gasteiger partial charge is 0.465 e. The number of esters is 1. The Morgan fingerprint density at radius 2 is 1.84 bits per heavy atom. The van der Waals surface area contributed by atoms with Gasteiger partial charge in [0.05, 0.1) is 11.5 Å². The van der Waals surface area contributed by atoms with Crippen LogP contribution in [0.15, 0.2) is 29.2 Å². The first-order chi connectivity index (χ1) is 11.8. The number of sulfonamides is 1. The molecule has 1 amide bonds. The molecular weight excluding hydrogens is 368 g/mol. The van der Waals surface area contributed by atoms with Gasteiger partial charge in [0.2, 0.25) is 15.9 Å². The van der Waals surface area contributed by atoms with Crippen LogP contribution in [0.4, 0.5) is 0 Å². The van der Waals surface area contributed by atoms with Crippen molar-refractivity contribution in [2.75, 3.05) is 26.2 Å². The normalized spacial score (nSPS) is 16.4. The molecule has 0 spiro atoms. The summed E-state index contributed by atoms with van der Waals surface area (Å²) in [4.78, 5) is 23.5. The maximum absolute atomic E-state index is 12.6. The summed E-state index contributed by atoms with van der Waals surface area (Å²) in [7, 11) is -3.59. The summed E-state index contributed by atoms with van der Waals surface area (Å²) in [6, 6.07) is 6.00. The number of carbonyl (C=O) groups is 2. The van der Waals surface area contributed by atoms with E-state index in [9.17, 15) is 18.0 Å². The van der Waals surface area contributed by atoms with Crippen molar-refractivity contribution >= 4 is 33.5 Å². The molecule has 0 saturated carbocycles. The molecule has 2 rings (SSSR count). The van der Waals surface area contributed by atoms with E-state index < -0.39 is 16.0 Å². The highest BCUT2D eigenvalue weighted by atomic mass is 35.5. The minimum absolute atomic E-state index is 0.171. The summed E-state index contributed by atoms with van der Waals surface area (Å²) in [6.07, 6.45) is 0.808. The predicted octanol–water partition coefficient (Wildman–Crippen LogP) is 1.42. The highest BCUT2D eigenvalue weighted by Gasteiger charge is 2.32. The van der Waals surface area contributed by atoms with E-state index in [0.29, 0.717) is 17.9 Å². The van der Waals surface area contributed by atoms with Gasteiger partial charge in [0.1, 0.15) is 6.54 Å². The van der Waals surface area contributed by atoms with Crippen molar-refractivity contribution in [3.05, 3.63) is 29.3 Å². The van der Waals surface area contributed by atoms with E-state index >= 15 is 0 Å². The van der Waals surface area contributed by atoms with Gasteiger partial charge in [-0.25, -0.2) is 8.42 Å². The standard InChI is InChI=1S/C16H21ClN2O5S/c1-2-24-15(20)11-18-16(21)12-7-9-19(10-8-12)25(22,23)14-5-3-13(17)4-6-14/h3-6,12H,2,7-11H2,1H3,(H,18,21). The Morgan fingerprint density at radius 1 is 1.24 bits per heavy atom. The number of rotatable bonds is 6. The highest BCUT2D eigenvalue weighted by Crippen LogP contribution is 2.24. The molecule has 1 aliphatic rings. The number of hydrogen-bond donors (Lipinski definition) is 1. The van der Waals surface area contributed by atoms with Gasteiger partial charge in [-0.05, 0) is 44.0 Å². The third-order valence-corrected chi connectivity index (χ3v) is 6.15. The van der Waals surface area contributed by atoms with Crippen LogP contribution in [0.3, 0.4) is 0 Å². The summed E-state index contributed by atoms with van der Waals surface area (Å²) in [6.45, 7) is 2.28. The molecule has 7 nitrogen and oxygen atoms in total. The van der Waals surface area contributed by atoms with Gasteiger partial charge < -0.3 is 10.1 Å². The lowest BCUT2D eigenvalue weighted by Gasteiger charge is -2.30. The molecule has 9 heteroatoms. The maximum Gasteiger partial charge on any atom is 0.325 e. The molecular formula is C16H21ClN2O5S. The predicted molar refractivity (Wildman–Crippen MR) is 92.6 cm³/mol. The smallest absolute Gasteiger partial charge is 0.325 e. The van der Waals surface area contributed by atoms with E-state index in [0.717, 1.165) is 0 Å². The molecule has 25 heavy (non-hydrogen) atoms. The maximum atomic E-state index is 12.6. The lowest BCUT2D eigenvalue weighted by molar-refractivity contribution is -0.144. The number of benzene rings is 1. The second-order valence-electron chi connectivity index (χ2n) is 5.66. The number of carbonyl (C=O) groups excluding carboxylic acids is 2. The van der Waals surface area contributed by atoms with Crippen LogP contribution in [0.1, 0.15) is 19.8 Å². The van der Waals surface area contributed by atoms with Gasteiger partial charge in [-0.2, -0.15) is 4.31 Å². The molecule has 138 valence electrons. The molecule has 1 saturated heterocycles. The fourth-order valence-electron chi connectivity index (χ4n) is 2.63. The Morgan fingerprint density at radius 3 is 2.40 bits per heavy atom. The minimum atomic E-state index is -3.59. The quantitative estimate of drug-likeness (QED) is 0.744. The lowest BCUT2D eigenvalue weighted by atomic mass is 9.97. The van der Waals surface area contributed by atoms with E-state index in [2.05, 4.69) is 5.32 Å². The summed E-state index contributed by atoms with van der Waals surface area (Å²) in [5.74, 6) is -1.05. The monoisotopic (exact) mass is 388 g/mol. The third kappa shape index (κ3) is 5.17. The summed E-state index contributed by atoms with van der Waals surface area (Å²) in [5, 5.41) is 3.00. The SMILES string of the molecule is CCOC(=O)CNC(=O)C1CCN(S(=O)(=O)c2ccc(Cl)cc2)CC1. The van der Waals surface area contributed by atoms with Gasteiger partial charge in [0.15, 0.2) is 0 Å². The van der Waals surface area contributed by atoms with Crippen LogP contribution >= 0.6 is 11.6 Å². The topological polar surface area (TPSA) is 92.8 Å². The van der Waals surface area contributed by atoms with Gasteiger partial charge in [0, 0.05) is 24.0 Å². The fraction of sp³-hybridized carbons (Fsp3) is 0.500. The van der Waals surface area contributed by atoms with Crippen LogP contribution in [-0.4, -0.2) is 50.8 Å². The van der Waals surface area contributed by atoms with Crippen molar-refractivity contribution in [3.63, 3.8) is 0 Å². The van der Waals surface area contributed by atoms with Crippen LogP contribution in [0.5, 0.6) is 0 Å². The van der Waals surface area contributed by atoms with E-state index in [1.54, 1.807) is 6.92 Å². The number of nitrogens with zero attached hydrogens (tertiary/aromatic N) is 1. The molecule has 1 fully saturated rings. The van der Waals surface area contributed by atoms with Gasteiger partial charge >= 0.3 is 5.97 Å². The van der Waals surface area contributed by atoms with Gasteiger partial charge in [-0.15, -0.1) is 0 Å². The van der Waals surface area contributed by atoms with Crippen LogP contribution < -0.4 is 5.32 Å². The zero-order chi connectivity index (χ0) is 18.4. The summed E-state index contributed by atoms with van der Waals surface area (Å²) < 4.78 is 31.3. The van der Waals surface area contributed by atoms with Crippen LogP contribution in [-0.2, 0) is 24.3 Å². The Kier molecular flexibility index (Phi) is 6.80. The molecule has 1 aromatic rings. The minimum Gasteiger partial charge on any atom is -0.465 e. The number of halogens is 1. The Balaban J connectivity index is 1.89. The molecule has 0 bridgehead atoms. The summed E-state index contributed by atoms with van der Waals surface area (Å²) in [5.41, 5.74) is 0. The number of amides is 1. The van der Waals surface area contributed by atoms with Crippen molar-refractivity contribution in [1.29, 1.82) is 0 Å². The Bertz CT molecular complexity index is 713. The van der Waals surface area contributed by atoms with E-state index in [4.69, 9.17) is 16.3 Å². The molecule has 0 aliphatic carbocycles. The number of ether oxygens (including phenoxy) is 1. The summed E-state index contributed by atoms with van der Waals surface area (Å²) >= 11 is 5.79. The van der Waals surface area contributed by atoms with Crippen LogP contribution in [0.2, 0.25) is 5.02 Å². The molecule has 1 aliphatic heterocycles. The van der Waals surface area contributed by atoms with E-state index in [1.165, 1.54) is 28.6 Å². The molecule has 0 aromatic heterocycles. The zero-order valence-corrected chi connectivity index (χ0v) is 15.5. The molecule has 0 radical (unpaired) electrons. The fourth-order valence-corrected chi connectivity index (χ4v) is 4.23. The van der Waals surface area contributed by atoms with Crippen molar-refractivity contribution in [2.45, 2.75) is 24.7 Å². The number of hydrogen-bond acceptors (Lipinski definition) is 5. The number of nitrogens with one attached hydrogen (secondary N) is 1. The average Bonchev–Trinajstić information content (AvgIpc) is 2.60. The molecule has 1 heterocycles. The van der Waals surface area contributed by atoms with Crippen molar-refractivity contribution in [1.82, 2.24) is 9.62 Å². The molecule has 0 unspecified atom stereocenters. The lowest BCUT2D eigenvalue weighted by Crippen LogP contribution is -2.44. The Hall–Kier alpha value is -1.64. The zero-order valence-electron chi connectivity index (χ0n) is 13.9. The van der Waals surface area contributed by atoms with Crippen molar-refractivity contribution in [3.8, 4) is 0 Å². The van der Waals surface area contributed by atoms with E-state index in [-0.39, 0.29) is 43.0 Å². The molecule has 1 N–H and O–H groups in total. The van der Waals surface area contributed by atoms with Crippen molar-refractivity contribution < 1.29 is 22.7 Å². The Labute approximate surface area is 152 Å². The average molecular weight is 389 g/mol. The third-order valence-electron chi connectivity index (χ3n) is 3.99. The molecule has 0 atom stereocenters. The first-order valence-corrected chi connectivity index (χ1v) is 9.85. The van der Waals surface area contributed by atoms with Crippen molar-refractivity contribution in [2.24, 2.45) is 5.92 Å².